The first-order valence-corrected chi connectivity index (χ1v) is 7.31. The third-order valence-electron chi connectivity index (χ3n) is 4.11. The molecule has 1 aliphatic heterocycles. The van der Waals surface area contributed by atoms with Gasteiger partial charge >= 0.3 is 0 Å². The summed E-state index contributed by atoms with van der Waals surface area (Å²) in [6.45, 7) is 6.35. The number of benzene rings is 1. The molecule has 0 radical (unpaired) electrons. The SMILES string of the molecule is CC1(CNCCCc2ccccc2N)CCOCC1. The van der Waals surface area contributed by atoms with Gasteiger partial charge in [-0.2, -0.15) is 0 Å². The Hall–Kier alpha value is -1.06. The molecule has 1 aromatic carbocycles. The van der Waals surface area contributed by atoms with Crippen LogP contribution in [0.5, 0.6) is 0 Å². The Balaban J connectivity index is 1.63. The van der Waals surface area contributed by atoms with Crippen molar-refractivity contribution >= 4 is 5.69 Å². The van der Waals surface area contributed by atoms with E-state index in [0.717, 1.165) is 44.8 Å². The molecule has 1 saturated heterocycles. The van der Waals surface area contributed by atoms with Crippen LogP contribution in [0, 0.1) is 5.41 Å². The molecule has 106 valence electrons. The largest absolute Gasteiger partial charge is 0.399 e. The summed E-state index contributed by atoms with van der Waals surface area (Å²) in [5, 5.41) is 3.59. The minimum absolute atomic E-state index is 0.421. The van der Waals surface area contributed by atoms with Gasteiger partial charge in [-0.1, -0.05) is 25.1 Å². The molecule has 0 spiro atoms. The summed E-state index contributed by atoms with van der Waals surface area (Å²) in [5.41, 5.74) is 8.54. The molecular formula is C16H26N2O. The standard InChI is InChI=1S/C16H26N2O/c1-16(8-11-19-12-9-16)13-18-10-4-6-14-5-2-3-7-15(14)17/h2-3,5,7,18H,4,6,8-13,17H2,1H3. The molecule has 0 unspecified atom stereocenters. The van der Waals surface area contributed by atoms with Crippen molar-refractivity contribution in [1.82, 2.24) is 5.32 Å². The molecule has 1 heterocycles. The van der Waals surface area contributed by atoms with E-state index in [1.165, 1.54) is 18.4 Å². The molecule has 3 N–H and O–H groups in total. The topological polar surface area (TPSA) is 47.3 Å². The second kappa shape index (κ2) is 6.92. The van der Waals surface area contributed by atoms with Gasteiger partial charge in [-0.25, -0.2) is 0 Å². The maximum absolute atomic E-state index is 5.94. The molecule has 0 bridgehead atoms. The summed E-state index contributed by atoms with van der Waals surface area (Å²) in [5.74, 6) is 0. The summed E-state index contributed by atoms with van der Waals surface area (Å²) in [4.78, 5) is 0. The number of anilines is 1. The van der Waals surface area contributed by atoms with E-state index in [0.29, 0.717) is 5.41 Å². The molecule has 0 aliphatic carbocycles. The van der Waals surface area contributed by atoms with Crippen LogP contribution in [0.15, 0.2) is 24.3 Å². The van der Waals surface area contributed by atoms with Crippen molar-refractivity contribution in [3.8, 4) is 0 Å². The average Bonchev–Trinajstić information content (AvgIpc) is 2.41. The lowest BCUT2D eigenvalue weighted by molar-refractivity contribution is 0.0242. The zero-order valence-electron chi connectivity index (χ0n) is 12.0. The van der Waals surface area contributed by atoms with Crippen LogP contribution >= 0.6 is 0 Å². The highest BCUT2D eigenvalue weighted by Gasteiger charge is 2.26. The first-order valence-electron chi connectivity index (χ1n) is 7.31. The summed E-state index contributed by atoms with van der Waals surface area (Å²) in [7, 11) is 0. The lowest BCUT2D eigenvalue weighted by Crippen LogP contribution is -2.37. The summed E-state index contributed by atoms with van der Waals surface area (Å²) >= 11 is 0. The van der Waals surface area contributed by atoms with E-state index in [1.54, 1.807) is 0 Å². The van der Waals surface area contributed by atoms with Crippen LogP contribution in [-0.2, 0) is 11.2 Å². The monoisotopic (exact) mass is 262 g/mol. The number of para-hydroxylation sites is 1. The van der Waals surface area contributed by atoms with E-state index < -0.39 is 0 Å². The third kappa shape index (κ3) is 4.51. The molecule has 1 aromatic rings. The highest BCUT2D eigenvalue weighted by molar-refractivity contribution is 5.46. The maximum Gasteiger partial charge on any atom is 0.0471 e. The smallest absolute Gasteiger partial charge is 0.0471 e. The van der Waals surface area contributed by atoms with Crippen molar-refractivity contribution in [2.75, 3.05) is 32.0 Å². The second-order valence-electron chi connectivity index (χ2n) is 5.90. The van der Waals surface area contributed by atoms with Gasteiger partial charge in [0.2, 0.25) is 0 Å². The first kappa shape index (κ1) is 14.4. The van der Waals surface area contributed by atoms with Crippen LogP contribution in [0.4, 0.5) is 5.69 Å². The number of aryl methyl sites for hydroxylation is 1. The van der Waals surface area contributed by atoms with E-state index in [1.807, 2.05) is 12.1 Å². The molecule has 1 aliphatic rings. The Morgan fingerprint density at radius 1 is 1.26 bits per heavy atom. The number of hydrogen-bond donors (Lipinski definition) is 2. The lowest BCUT2D eigenvalue weighted by Gasteiger charge is -2.33. The van der Waals surface area contributed by atoms with Gasteiger partial charge in [0.15, 0.2) is 0 Å². The maximum atomic E-state index is 5.94. The van der Waals surface area contributed by atoms with Gasteiger partial charge in [-0.15, -0.1) is 0 Å². The van der Waals surface area contributed by atoms with Gasteiger partial charge in [0.1, 0.15) is 0 Å². The zero-order valence-corrected chi connectivity index (χ0v) is 12.0. The fourth-order valence-electron chi connectivity index (χ4n) is 2.60. The number of nitrogens with one attached hydrogen (secondary N) is 1. The van der Waals surface area contributed by atoms with Crippen molar-refractivity contribution < 1.29 is 4.74 Å². The average molecular weight is 262 g/mol. The normalized spacial score (nSPS) is 18.4. The summed E-state index contributed by atoms with van der Waals surface area (Å²) < 4.78 is 5.42. The van der Waals surface area contributed by atoms with Crippen LogP contribution in [0.3, 0.4) is 0 Å². The number of ether oxygens (including phenoxy) is 1. The lowest BCUT2D eigenvalue weighted by atomic mass is 9.82. The van der Waals surface area contributed by atoms with Gasteiger partial charge < -0.3 is 15.8 Å². The van der Waals surface area contributed by atoms with Crippen molar-refractivity contribution in [1.29, 1.82) is 0 Å². The molecule has 1 fully saturated rings. The molecule has 19 heavy (non-hydrogen) atoms. The Morgan fingerprint density at radius 3 is 2.74 bits per heavy atom. The number of hydrogen-bond acceptors (Lipinski definition) is 3. The summed E-state index contributed by atoms with van der Waals surface area (Å²) in [6, 6.07) is 8.15. The minimum Gasteiger partial charge on any atom is -0.399 e. The Labute approximate surface area is 116 Å². The van der Waals surface area contributed by atoms with E-state index in [2.05, 4.69) is 24.4 Å². The molecule has 0 saturated carbocycles. The van der Waals surface area contributed by atoms with Crippen LogP contribution in [0.2, 0.25) is 0 Å². The third-order valence-corrected chi connectivity index (χ3v) is 4.11. The Morgan fingerprint density at radius 2 is 2.00 bits per heavy atom. The Bertz CT molecular complexity index is 386. The second-order valence-corrected chi connectivity index (χ2v) is 5.90. The van der Waals surface area contributed by atoms with Gasteiger partial charge in [-0.05, 0) is 49.3 Å². The number of nitrogens with two attached hydrogens (primary N) is 1. The predicted octanol–water partition coefficient (Wildman–Crippen LogP) is 2.61. The van der Waals surface area contributed by atoms with E-state index in [4.69, 9.17) is 10.5 Å². The van der Waals surface area contributed by atoms with Crippen molar-refractivity contribution in [2.45, 2.75) is 32.6 Å². The molecule has 2 rings (SSSR count). The summed E-state index contributed by atoms with van der Waals surface area (Å²) in [6.07, 6.45) is 4.54. The molecule has 3 heteroatoms. The predicted molar refractivity (Wildman–Crippen MR) is 80.2 cm³/mol. The van der Waals surface area contributed by atoms with Gasteiger partial charge in [-0.3, -0.25) is 0 Å². The van der Waals surface area contributed by atoms with Crippen LogP contribution in [0.25, 0.3) is 0 Å². The quantitative estimate of drug-likeness (QED) is 0.612. The molecule has 0 aromatic heterocycles. The van der Waals surface area contributed by atoms with Crippen molar-refractivity contribution in [3.05, 3.63) is 29.8 Å². The van der Waals surface area contributed by atoms with Crippen LogP contribution in [0.1, 0.15) is 31.7 Å². The highest BCUT2D eigenvalue weighted by Crippen LogP contribution is 2.28. The number of nitrogen functional groups attached to an aromatic ring is 1. The zero-order chi connectivity index (χ0) is 13.6. The van der Waals surface area contributed by atoms with Gasteiger partial charge in [0.05, 0.1) is 0 Å². The minimum atomic E-state index is 0.421. The van der Waals surface area contributed by atoms with Crippen molar-refractivity contribution in [3.63, 3.8) is 0 Å². The van der Waals surface area contributed by atoms with E-state index in [-0.39, 0.29) is 0 Å². The van der Waals surface area contributed by atoms with E-state index >= 15 is 0 Å². The van der Waals surface area contributed by atoms with Crippen LogP contribution in [-0.4, -0.2) is 26.3 Å². The van der Waals surface area contributed by atoms with Gasteiger partial charge in [0.25, 0.3) is 0 Å². The first-order chi connectivity index (χ1) is 9.20. The van der Waals surface area contributed by atoms with Crippen LogP contribution < -0.4 is 11.1 Å². The van der Waals surface area contributed by atoms with Crippen molar-refractivity contribution in [2.24, 2.45) is 5.41 Å². The molecular weight excluding hydrogens is 236 g/mol. The van der Waals surface area contributed by atoms with E-state index in [9.17, 15) is 0 Å². The Kier molecular flexibility index (Phi) is 5.23. The van der Waals surface area contributed by atoms with Gasteiger partial charge in [0, 0.05) is 25.4 Å². The highest BCUT2D eigenvalue weighted by atomic mass is 16.5. The fraction of sp³-hybridized carbons (Fsp3) is 0.625. The molecule has 0 amide bonds. The molecule has 0 atom stereocenters. The molecule has 3 nitrogen and oxygen atoms in total. The number of rotatable bonds is 6. The fourth-order valence-corrected chi connectivity index (χ4v) is 2.60.